The van der Waals surface area contributed by atoms with Crippen LogP contribution in [0.3, 0.4) is 0 Å². The summed E-state index contributed by atoms with van der Waals surface area (Å²) < 4.78 is 5.44. The molecule has 2 N–H and O–H groups in total. The van der Waals surface area contributed by atoms with Crippen LogP contribution in [-0.2, 0) is 4.79 Å². The van der Waals surface area contributed by atoms with Gasteiger partial charge in [-0.15, -0.1) is 0 Å². The molecule has 1 aromatic carbocycles. The number of unbranched alkanes of at least 4 members (excludes halogenated alkanes) is 1. The van der Waals surface area contributed by atoms with Crippen molar-refractivity contribution in [3.63, 3.8) is 0 Å². The lowest BCUT2D eigenvalue weighted by Crippen LogP contribution is -1.99. The van der Waals surface area contributed by atoms with E-state index >= 15 is 0 Å². The van der Waals surface area contributed by atoms with E-state index in [0.29, 0.717) is 13.0 Å². The first kappa shape index (κ1) is 21.4. The Morgan fingerprint density at radius 2 is 2.04 bits per heavy atom. The van der Waals surface area contributed by atoms with Crippen LogP contribution in [0.15, 0.2) is 24.8 Å². The van der Waals surface area contributed by atoms with E-state index in [1.54, 1.807) is 0 Å². The molecule has 0 aliphatic heterocycles. The van der Waals surface area contributed by atoms with Gasteiger partial charge in [0.05, 0.1) is 6.61 Å². The van der Waals surface area contributed by atoms with Crippen molar-refractivity contribution in [2.75, 3.05) is 24.7 Å². The molecule has 4 nitrogen and oxygen atoms in total. The smallest absolute Gasteiger partial charge is 0.303 e. The molecule has 0 amide bonds. The number of hydrogen-bond acceptors (Lipinski definition) is 4. The fraction of sp³-hybridized carbons (Fsp3) is 0.500. The van der Waals surface area contributed by atoms with E-state index in [1.807, 2.05) is 32.2 Å². The molecule has 0 radical (unpaired) electrons. The van der Waals surface area contributed by atoms with Crippen molar-refractivity contribution in [3.8, 4) is 5.75 Å². The molecule has 0 fully saturated rings. The fourth-order valence-electron chi connectivity index (χ4n) is 1.84. The van der Waals surface area contributed by atoms with E-state index in [4.69, 9.17) is 9.84 Å². The third-order valence-electron chi connectivity index (χ3n) is 3.10. The summed E-state index contributed by atoms with van der Waals surface area (Å²) in [6.45, 7) is 8.63. The van der Waals surface area contributed by atoms with Gasteiger partial charge in [-0.2, -0.15) is 12.6 Å². The van der Waals surface area contributed by atoms with Gasteiger partial charge in [0, 0.05) is 24.7 Å². The number of benzene rings is 1. The summed E-state index contributed by atoms with van der Waals surface area (Å²) >= 11 is 4.00. The van der Waals surface area contributed by atoms with Crippen LogP contribution >= 0.6 is 12.6 Å². The summed E-state index contributed by atoms with van der Waals surface area (Å²) in [7, 11) is 1.82. The maximum absolute atomic E-state index is 10.6. The van der Waals surface area contributed by atoms with E-state index in [-0.39, 0.29) is 6.42 Å². The Morgan fingerprint density at radius 3 is 2.48 bits per heavy atom. The summed E-state index contributed by atoms with van der Waals surface area (Å²) in [6.07, 6.45) is 3.03. The Bertz CT molecular complexity index is 487. The highest BCUT2D eigenvalue weighted by Gasteiger charge is 2.09. The Labute approximate surface area is 145 Å². The van der Waals surface area contributed by atoms with Gasteiger partial charge in [-0.3, -0.25) is 4.79 Å². The van der Waals surface area contributed by atoms with Crippen LogP contribution < -0.4 is 10.1 Å². The number of aliphatic carboxylic acids is 1. The zero-order valence-corrected chi connectivity index (χ0v) is 15.3. The molecule has 0 saturated carbocycles. The number of carbonyl (C=O) groups is 1. The van der Waals surface area contributed by atoms with Gasteiger partial charge in [0.25, 0.3) is 0 Å². The molecule has 0 aliphatic rings. The Hall–Kier alpha value is -1.62. The lowest BCUT2D eigenvalue weighted by Gasteiger charge is -2.13. The number of hydrogen-bond donors (Lipinski definition) is 3. The van der Waals surface area contributed by atoms with E-state index < -0.39 is 5.97 Å². The molecule has 23 heavy (non-hydrogen) atoms. The maximum Gasteiger partial charge on any atom is 0.303 e. The minimum Gasteiger partial charge on any atom is -0.494 e. The van der Waals surface area contributed by atoms with Crippen LogP contribution in [0.1, 0.15) is 45.1 Å². The molecule has 0 saturated heterocycles. The predicted octanol–water partition coefficient (Wildman–Crippen LogP) is 4.72. The normalized spacial score (nSPS) is 9.57. The van der Waals surface area contributed by atoms with E-state index in [9.17, 15) is 4.79 Å². The Balaban J connectivity index is 0.000000841. The summed E-state index contributed by atoms with van der Waals surface area (Å²) in [4.78, 5) is 10.6. The van der Waals surface area contributed by atoms with Gasteiger partial charge in [0.1, 0.15) is 5.75 Å². The second-order valence-corrected chi connectivity index (χ2v) is 5.41. The van der Waals surface area contributed by atoms with Crippen LogP contribution in [0.4, 0.5) is 5.69 Å². The van der Waals surface area contributed by atoms with Crippen LogP contribution in [0.2, 0.25) is 0 Å². The monoisotopic (exact) mass is 339 g/mol. The number of nitrogens with one attached hydrogen (secondary N) is 1. The van der Waals surface area contributed by atoms with E-state index in [0.717, 1.165) is 28.3 Å². The molecule has 0 bridgehead atoms. The average molecular weight is 340 g/mol. The van der Waals surface area contributed by atoms with Crippen molar-refractivity contribution in [3.05, 3.63) is 30.3 Å². The van der Waals surface area contributed by atoms with E-state index in [1.165, 1.54) is 12.8 Å². The number of carboxylic acid groups (broad SMARTS) is 1. The molecule has 0 atom stereocenters. The molecule has 1 aromatic rings. The van der Waals surface area contributed by atoms with Crippen LogP contribution in [-0.4, -0.2) is 30.5 Å². The second kappa shape index (κ2) is 12.9. The van der Waals surface area contributed by atoms with Crippen LogP contribution in [0.25, 0.3) is 5.57 Å². The Kier molecular flexibility index (Phi) is 12.0. The van der Waals surface area contributed by atoms with Gasteiger partial charge in [-0.1, -0.05) is 19.9 Å². The minimum absolute atomic E-state index is 0.0842. The van der Waals surface area contributed by atoms with Crippen molar-refractivity contribution in [2.24, 2.45) is 0 Å². The van der Waals surface area contributed by atoms with Crippen LogP contribution in [0.5, 0.6) is 5.75 Å². The SMILES string of the molecule is C=C(CCC(=O)O)c1cc(OCC)ccc1NC.CCCCS. The molecule has 0 aromatic heterocycles. The summed E-state index contributed by atoms with van der Waals surface area (Å²) in [5.74, 6) is 0.988. The summed E-state index contributed by atoms with van der Waals surface area (Å²) in [5, 5.41) is 11.8. The van der Waals surface area contributed by atoms with Gasteiger partial charge in [0.2, 0.25) is 0 Å². The van der Waals surface area contributed by atoms with Crippen LogP contribution in [0, 0.1) is 0 Å². The first-order valence-electron chi connectivity index (χ1n) is 7.95. The van der Waals surface area contributed by atoms with Crippen molar-refractivity contribution >= 4 is 29.9 Å². The predicted molar refractivity (Wildman–Crippen MR) is 102 cm³/mol. The summed E-state index contributed by atoms with van der Waals surface area (Å²) in [5.41, 5.74) is 2.63. The third-order valence-corrected chi connectivity index (χ3v) is 3.42. The molecule has 1 rings (SSSR count). The van der Waals surface area contributed by atoms with Gasteiger partial charge in [0.15, 0.2) is 0 Å². The standard InChI is InChI=1S/C14H19NO3.C4H10S/c1-4-18-11-6-7-13(15-3)12(9-11)10(2)5-8-14(16)17;1-2-3-4-5/h6-7,9,15H,2,4-5,8H2,1,3H3,(H,16,17);5H,2-4H2,1H3. The first-order chi connectivity index (χ1) is 11.0. The molecule has 5 heteroatoms. The average Bonchev–Trinajstić information content (AvgIpc) is 2.54. The molecule has 0 unspecified atom stereocenters. The number of allylic oxidation sites excluding steroid dienone is 1. The molecule has 0 heterocycles. The Morgan fingerprint density at radius 1 is 1.35 bits per heavy atom. The quantitative estimate of drug-likeness (QED) is 0.570. The highest BCUT2D eigenvalue weighted by Crippen LogP contribution is 2.29. The van der Waals surface area contributed by atoms with Gasteiger partial charge in [-0.05, 0) is 49.3 Å². The maximum atomic E-state index is 10.6. The topological polar surface area (TPSA) is 58.6 Å². The minimum atomic E-state index is -0.817. The van der Waals surface area contributed by atoms with Gasteiger partial charge >= 0.3 is 5.97 Å². The second-order valence-electron chi connectivity index (χ2n) is 4.96. The highest BCUT2D eigenvalue weighted by atomic mass is 32.1. The number of anilines is 1. The van der Waals surface area contributed by atoms with Crippen molar-refractivity contribution in [1.29, 1.82) is 0 Å². The molecular formula is C18H29NO3S. The van der Waals surface area contributed by atoms with Crippen molar-refractivity contribution < 1.29 is 14.6 Å². The largest absolute Gasteiger partial charge is 0.494 e. The number of rotatable bonds is 9. The number of ether oxygens (including phenoxy) is 1. The highest BCUT2D eigenvalue weighted by molar-refractivity contribution is 7.80. The number of carboxylic acids is 1. The lowest BCUT2D eigenvalue weighted by molar-refractivity contribution is -0.136. The molecule has 0 aliphatic carbocycles. The van der Waals surface area contributed by atoms with Gasteiger partial charge in [-0.25, -0.2) is 0 Å². The van der Waals surface area contributed by atoms with E-state index in [2.05, 4.69) is 31.4 Å². The number of thiol groups is 1. The zero-order valence-electron chi connectivity index (χ0n) is 14.4. The lowest BCUT2D eigenvalue weighted by atomic mass is 10.0. The molecule has 130 valence electrons. The first-order valence-corrected chi connectivity index (χ1v) is 8.58. The third kappa shape index (κ3) is 9.18. The van der Waals surface area contributed by atoms with Gasteiger partial charge < -0.3 is 15.2 Å². The summed E-state index contributed by atoms with van der Waals surface area (Å²) in [6, 6.07) is 5.68. The van der Waals surface area contributed by atoms with Crippen molar-refractivity contribution in [1.82, 2.24) is 0 Å². The van der Waals surface area contributed by atoms with Crippen molar-refractivity contribution in [2.45, 2.75) is 39.5 Å². The fourth-order valence-corrected chi connectivity index (χ4v) is 2.16. The molecular weight excluding hydrogens is 310 g/mol. The zero-order chi connectivity index (χ0) is 17.7. The molecule has 0 spiro atoms.